The minimum absolute atomic E-state index is 0.0190. The summed E-state index contributed by atoms with van der Waals surface area (Å²) in [6.45, 7) is 3.97. The lowest BCUT2D eigenvalue weighted by Crippen LogP contribution is -2.15. The van der Waals surface area contributed by atoms with Gasteiger partial charge in [-0.2, -0.15) is 9.61 Å². The number of thioether (sulfide) groups is 1. The van der Waals surface area contributed by atoms with Crippen LogP contribution in [-0.4, -0.2) is 41.4 Å². The maximum absolute atomic E-state index is 14.0. The van der Waals surface area contributed by atoms with Crippen molar-refractivity contribution < 1.29 is 9.18 Å². The first kappa shape index (κ1) is 23.3. The van der Waals surface area contributed by atoms with Gasteiger partial charge < -0.3 is 5.32 Å². The number of H-pyrrole nitrogens is 1. The molecule has 0 atom stereocenters. The molecule has 5 rings (SSSR count). The van der Waals surface area contributed by atoms with Crippen LogP contribution in [0.2, 0.25) is 5.02 Å². The van der Waals surface area contributed by atoms with Crippen molar-refractivity contribution in [1.29, 1.82) is 0 Å². The van der Waals surface area contributed by atoms with Gasteiger partial charge in [0.15, 0.2) is 16.6 Å². The lowest BCUT2D eigenvalue weighted by molar-refractivity contribution is -0.113. The van der Waals surface area contributed by atoms with E-state index in [-0.39, 0.29) is 22.4 Å². The van der Waals surface area contributed by atoms with Crippen LogP contribution in [0.1, 0.15) is 22.8 Å². The number of anilines is 1. The molecule has 2 N–H and O–H groups in total. The smallest absolute Gasteiger partial charge is 0.234 e. The number of aromatic amines is 1. The van der Waals surface area contributed by atoms with E-state index in [1.165, 1.54) is 23.9 Å². The Morgan fingerprint density at radius 1 is 1.17 bits per heavy atom. The summed E-state index contributed by atoms with van der Waals surface area (Å²) in [7, 11) is 0. The lowest BCUT2D eigenvalue weighted by atomic mass is 10.1. The molecule has 3 heterocycles. The predicted molar refractivity (Wildman–Crippen MR) is 135 cm³/mol. The summed E-state index contributed by atoms with van der Waals surface area (Å²) in [6.07, 6.45) is 1.39. The van der Waals surface area contributed by atoms with Gasteiger partial charge in [0.05, 0.1) is 22.7 Å². The van der Waals surface area contributed by atoms with Gasteiger partial charge in [0.1, 0.15) is 5.82 Å². The Morgan fingerprint density at radius 2 is 2.00 bits per heavy atom. The van der Waals surface area contributed by atoms with Crippen molar-refractivity contribution in [2.45, 2.75) is 31.8 Å². The number of carbonyl (C=O) groups is 1. The van der Waals surface area contributed by atoms with E-state index >= 15 is 0 Å². The first-order valence-corrected chi connectivity index (χ1v) is 12.3. The van der Waals surface area contributed by atoms with E-state index in [1.54, 1.807) is 4.52 Å². The Labute approximate surface area is 209 Å². The first-order valence-electron chi connectivity index (χ1n) is 10.9. The zero-order valence-electron chi connectivity index (χ0n) is 19.0. The van der Waals surface area contributed by atoms with Crippen LogP contribution in [0.5, 0.6) is 0 Å². The van der Waals surface area contributed by atoms with E-state index < -0.39 is 5.82 Å². The van der Waals surface area contributed by atoms with Gasteiger partial charge in [-0.1, -0.05) is 35.5 Å². The SMILES string of the molecule is Cc1n[nH]c(C)c1CCc1nc2c3ccccc3nc(SCC(=O)Nc3ccc(Cl)cc3F)n2n1. The third kappa shape index (κ3) is 4.85. The number of hydrogen-bond acceptors (Lipinski definition) is 6. The van der Waals surface area contributed by atoms with Crippen LogP contribution in [-0.2, 0) is 17.6 Å². The number of rotatable bonds is 7. The van der Waals surface area contributed by atoms with Crippen molar-refractivity contribution >= 4 is 51.5 Å². The molecule has 0 spiro atoms. The molecule has 0 saturated carbocycles. The summed E-state index contributed by atoms with van der Waals surface area (Å²) in [5, 5.41) is 16.2. The molecule has 1 amide bonds. The number of carbonyl (C=O) groups excluding carboxylic acids is 1. The second kappa shape index (κ2) is 9.63. The fraction of sp³-hybridized carbons (Fsp3) is 0.208. The molecule has 0 bridgehead atoms. The molecule has 0 saturated heterocycles. The van der Waals surface area contributed by atoms with E-state index in [4.69, 9.17) is 26.7 Å². The van der Waals surface area contributed by atoms with E-state index in [9.17, 15) is 9.18 Å². The standard InChI is InChI=1S/C24H21ClFN7OS/c1-13-16(14(2)31-30-13)8-10-21-29-23-17-5-3-4-6-19(17)28-24(33(23)32-21)35-12-22(34)27-20-9-7-15(25)11-18(20)26/h3-7,9,11H,8,10,12H2,1-2H3,(H,27,34)(H,30,31). The van der Waals surface area contributed by atoms with Crippen LogP contribution in [0.15, 0.2) is 47.6 Å². The third-order valence-corrected chi connectivity index (χ3v) is 6.77. The van der Waals surface area contributed by atoms with E-state index in [0.29, 0.717) is 23.0 Å². The number of fused-ring (bicyclic) bond motifs is 3. The van der Waals surface area contributed by atoms with Crippen molar-refractivity contribution in [2.24, 2.45) is 0 Å². The van der Waals surface area contributed by atoms with Crippen molar-refractivity contribution in [2.75, 3.05) is 11.1 Å². The number of para-hydroxylation sites is 1. The lowest BCUT2D eigenvalue weighted by Gasteiger charge is -2.08. The highest BCUT2D eigenvalue weighted by molar-refractivity contribution is 7.99. The fourth-order valence-electron chi connectivity index (χ4n) is 3.86. The van der Waals surface area contributed by atoms with Gasteiger partial charge >= 0.3 is 0 Å². The monoisotopic (exact) mass is 509 g/mol. The van der Waals surface area contributed by atoms with Crippen LogP contribution in [0.25, 0.3) is 16.6 Å². The third-order valence-electron chi connectivity index (χ3n) is 5.61. The van der Waals surface area contributed by atoms with E-state index in [0.717, 1.165) is 40.3 Å². The molecule has 0 aliphatic carbocycles. The van der Waals surface area contributed by atoms with E-state index in [2.05, 4.69) is 15.5 Å². The summed E-state index contributed by atoms with van der Waals surface area (Å²) in [5.41, 5.74) is 4.68. The zero-order valence-corrected chi connectivity index (χ0v) is 20.5. The number of halogens is 2. The average molecular weight is 510 g/mol. The predicted octanol–water partition coefficient (Wildman–Crippen LogP) is 4.93. The normalized spacial score (nSPS) is 11.4. The molecule has 0 aliphatic rings. The highest BCUT2D eigenvalue weighted by Crippen LogP contribution is 2.25. The molecule has 11 heteroatoms. The van der Waals surface area contributed by atoms with Gasteiger partial charge in [-0.05, 0) is 56.2 Å². The van der Waals surface area contributed by atoms with E-state index in [1.807, 2.05) is 38.1 Å². The Kier molecular flexibility index (Phi) is 6.40. The van der Waals surface area contributed by atoms with Gasteiger partial charge in [-0.3, -0.25) is 9.89 Å². The molecule has 0 aliphatic heterocycles. The Morgan fingerprint density at radius 3 is 2.77 bits per heavy atom. The molecule has 5 aromatic rings. The minimum Gasteiger partial charge on any atom is -0.323 e. The maximum atomic E-state index is 14.0. The molecular formula is C24H21ClFN7OS. The van der Waals surface area contributed by atoms with Gasteiger partial charge in [0.2, 0.25) is 5.91 Å². The van der Waals surface area contributed by atoms with Crippen LogP contribution >= 0.6 is 23.4 Å². The van der Waals surface area contributed by atoms with Gasteiger partial charge in [-0.15, -0.1) is 5.10 Å². The zero-order chi connectivity index (χ0) is 24.5. The Balaban J connectivity index is 1.40. The summed E-state index contributed by atoms with van der Waals surface area (Å²) < 4.78 is 15.7. The summed E-state index contributed by atoms with van der Waals surface area (Å²) in [4.78, 5) is 22.0. The van der Waals surface area contributed by atoms with Gasteiger partial charge in [-0.25, -0.2) is 14.4 Å². The molecule has 0 radical (unpaired) electrons. The number of aromatic nitrogens is 6. The molecule has 3 aromatic heterocycles. The van der Waals surface area contributed by atoms with Crippen LogP contribution in [0.4, 0.5) is 10.1 Å². The van der Waals surface area contributed by atoms with Gasteiger partial charge in [0.25, 0.3) is 0 Å². The van der Waals surface area contributed by atoms with Gasteiger partial charge in [0, 0.05) is 22.5 Å². The second-order valence-electron chi connectivity index (χ2n) is 8.05. The fourth-order valence-corrected chi connectivity index (χ4v) is 4.76. The van der Waals surface area contributed by atoms with Crippen molar-refractivity contribution in [1.82, 2.24) is 29.8 Å². The first-order chi connectivity index (χ1) is 16.9. The Bertz CT molecular complexity index is 1550. The van der Waals surface area contributed by atoms with Crippen molar-refractivity contribution in [3.8, 4) is 0 Å². The summed E-state index contributed by atoms with van der Waals surface area (Å²) >= 11 is 6.99. The highest BCUT2D eigenvalue weighted by atomic mass is 35.5. The number of hydrogen-bond donors (Lipinski definition) is 2. The number of amides is 1. The molecule has 35 heavy (non-hydrogen) atoms. The topological polar surface area (TPSA) is 101 Å². The quantitative estimate of drug-likeness (QED) is 0.238. The largest absolute Gasteiger partial charge is 0.323 e. The summed E-state index contributed by atoms with van der Waals surface area (Å²) in [5.74, 6) is -0.264. The molecule has 8 nitrogen and oxygen atoms in total. The number of nitrogens with one attached hydrogen (secondary N) is 2. The Hall–Kier alpha value is -3.50. The summed E-state index contributed by atoms with van der Waals surface area (Å²) in [6, 6.07) is 11.8. The maximum Gasteiger partial charge on any atom is 0.234 e. The van der Waals surface area contributed by atoms with Crippen LogP contribution in [0, 0.1) is 19.7 Å². The van der Waals surface area contributed by atoms with Crippen molar-refractivity contribution in [3.63, 3.8) is 0 Å². The van der Waals surface area contributed by atoms with Crippen molar-refractivity contribution in [3.05, 3.63) is 76.1 Å². The van der Waals surface area contributed by atoms with Crippen LogP contribution in [0.3, 0.4) is 0 Å². The molecule has 0 fully saturated rings. The second-order valence-corrected chi connectivity index (χ2v) is 9.43. The average Bonchev–Trinajstić information content (AvgIpc) is 3.41. The van der Waals surface area contributed by atoms with Crippen LogP contribution < -0.4 is 5.32 Å². The number of aryl methyl sites for hydroxylation is 3. The minimum atomic E-state index is -0.592. The highest BCUT2D eigenvalue weighted by Gasteiger charge is 2.17. The molecule has 0 unspecified atom stereocenters. The molecule has 2 aromatic carbocycles. The number of nitrogens with zero attached hydrogens (tertiary/aromatic N) is 5. The molecular weight excluding hydrogens is 489 g/mol. The number of benzene rings is 2. The molecule has 178 valence electrons.